The van der Waals surface area contributed by atoms with E-state index in [1.54, 1.807) is 0 Å². The van der Waals surface area contributed by atoms with Gasteiger partial charge in [0.05, 0.1) is 19.3 Å². The van der Waals surface area contributed by atoms with Crippen molar-refractivity contribution in [2.75, 3.05) is 46.4 Å². The summed E-state index contributed by atoms with van der Waals surface area (Å²) in [5.41, 5.74) is 0. The molecule has 1 fully saturated rings. The van der Waals surface area contributed by atoms with E-state index in [0.29, 0.717) is 5.92 Å². The van der Waals surface area contributed by atoms with Gasteiger partial charge >= 0.3 is 0 Å². The monoisotopic (exact) mass is 357 g/mol. The minimum Gasteiger partial charge on any atom is -0.379 e. The second-order valence-corrected chi connectivity index (χ2v) is 5.42. The lowest BCUT2D eigenvalue weighted by Crippen LogP contribution is -2.54. The minimum atomic E-state index is 0. The molecule has 2 N–H and O–H groups in total. The van der Waals surface area contributed by atoms with Gasteiger partial charge in [0.1, 0.15) is 0 Å². The maximum Gasteiger partial charge on any atom is 0.237 e. The molecule has 5 nitrogen and oxygen atoms in total. The molecule has 7 heteroatoms. The van der Waals surface area contributed by atoms with Crippen molar-refractivity contribution in [3.8, 4) is 0 Å². The summed E-state index contributed by atoms with van der Waals surface area (Å²) in [6, 6.07) is 0.00323. The van der Waals surface area contributed by atoms with Gasteiger partial charge < -0.3 is 15.4 Å². The molecule has 0 aromatic rings. The van der Waals surface area contributed by atoms with Gasteiger partial charge in [-0.3, -0.25) is 9.69 Å². The Labute approximate surface area is 147 Å². The number of hydrogen-bond donors (Lipinski definition) is 2. The predicted octanol–water partition coefficient (Wildman–Crippen LogP) is 1.69. The quantitative estimate of drug-likeness (QED) is 0.616. The highest BCUT2D eigenvalue weighted by Crippen LogP contribution is 2.20. The standard InChI is InChI=1S/C15H31N3O2.2ClH/c1-4-13(5-2)14(18-9-11-20-12-10-18)15(19)17-8-6-7-16-3;;/h13-14,16H,4-12H2,1-3H3,(H,17,19);2*1H. The molecule has 0 saturated carbocycles. The summed E-state index contributed by atoms with van der Waals surface area (Å²) >= 11 is 0. The van der Waals surface area contributed by atoms with Crippen LogP contribution in [0.3, 0.4) is 0 Å². The fourth-order valence-corrected chi connectivity index (χ4v) is 2.85. The van der Waals surface area contributed by atoms with Crippen LogP contribution in [-0.4, -0.2) is 63.3 Å². The third-order valence-electron chi connectivity index (χ3n) is 4.11. The fraction of sp³-hybridized carbons (Fsp3) is 0.933. The topological polar surface area (TPSA) is 53.6 Å². The predicted molar refractivity (Wildman–Crippen MR) is 96.3 cm³/mol. The summed E-state index contributed by atoms with van der Waals surface area (Å²) < 4.78 is 5.41. The Morgan fingerprint density at radius 1 is 1.14 bits per heavy atom. The maximum atomic E-state index is 12.6. The molecule has 0 aromatic carbocycles. The van der Waals surface area contributed by atoms with Crippen molar-refractivity contribution in [1.29, 1.82) is 0 Å². The number of morpholine rings is 1. The highest BCUT2D eigenvalue weighted by Gasteiger charge is 2.32. The molecule has 0 aliphatic carbocycles. The molecule has 1 amide bonds. The first-order valence-electron chi connectivity index (χ1n) is 7.98. The zero-order valence-corrected chi connectivity index (χ0v) is 15.7. The molecular weight excluding hydrogens is 325 g/mol. The Kier molecular flexibility index (Phi) is 16.0. The molecule has 0 aromatic heterocycles. The van der Waals surface area contributed by atoms with E-state index in [0.717, 1.165) is 58.7 Å². The molecule has 1 aliphatic heterocycles. The first-order chi connectivity index (χ1) is 9.74. The Bertz CT molecular complexity index is 274. The zero-order valence-electron chi connectivity index (χ0n) is 14.1. The van der Waals surface area contributed by atoms with Crippen molar-refractivity contribution >= 4 is 30.7 Å². The molecule has 0 bridgehead atoms. The largest absolute Gasteiger partial charge is 0.379 e. The van der Waals surface area contributed by atoms with E-state index in [4.69, 9.17) is 4.74 Å². The van der Waals surface area contributed by atoms with E-state index in [1.165, 1.54) is 0 Å². The first kappa shape index (κ1) is 24.2. The summed E-state index contributed by atoms with van der Waals surface area (Å²) in [5.74, 6) is 0.620. The van der Waals surface area contributed by atoms with Crippen LogP contribution in [0.2, 0.25) is 0 Å². The molecular formula is C15H33Cl2N3O2. The average Bonchev–Trinajstić information content (AvgIpc) is 2.49. The molecule has 1 aliphatic rings. The lowest BCUT2D eigenvalue weighted by molar-refractivity contribution is -0.130. The van der Waals surface area contributed by atoms with E-state index >= 15 is 0 Å². The van der Waals surface area contributed by atoms with Crippen LogP contribution in [0.15, 0.2) is 0 Å². The van der Waals surface area contributed by atoms with Gasteiger partial charge in [0.2, 0.25) is 5.91 Å². The summed E-state index contributed by atoms with van der Waals surface area (Å²) in [6.07, 6.45) is 3.06. The number of amides is 1. The van der Waals surface area contributed by atoms with Crippen LogP contribution >= 0.6 is 24.8 Å². The molecule has 0 spiro atoms. The van der Waals surface area contributed by atoms with Crippen LogP contribution in [0.4, 0.5) is 0 Å². The normalized spacial score (nSPS) is 16.5. The Hall–Kier alpha value is -0.0700. The van der Waals surface area contributed by atoms with Crippen molar-refractivity contribution in [3.05, 3.63) is 0 Å². The SMILES string of the molecule is CCC(CC)C(C(=O)NCCCNC)N1CCOCC1.Cl.Cl. The van der Waals surface area contributed by atoms with Crippen molar-refractivity contribution in [1.82, 2.24) is 15.5 Å². The van der Waals surface area contributed by atoms with Crippen LogP contribution in [0, 0.1) is 5.92 Å². The number of nitrogens with one attached hydrogen (secondary N) is 2. The Morgan fingerprint density at radius 2 is 1.73 bits per heavy atom. The van der Waals surface area contributed by atoms with Crippen LogP contribution in [0.25, 0.3) is 0 Å². The van der Waals surface area contributed by atoms with Gasteiger partial charge in [-0.2, -0.15) is 0 Å². The molecule has 134 valence electrons. The average molecular weight is 358 g/mol. The van der Waals surface area contributed by atoms with Crippen molar-refractivity contribution in [2.45, 2.75) is 39.2 Å². The number of carbonyl (C=O) groups is 1. The number of ether oxygens (including phenoxy) is 1. The van der Waals surface area contributed by atoms with Gasteiger partial charge in [-0.25, -0.2) is 0 Å². The third-order valence-corrected chi connectivity index (χ3v) is 4.11. The van der Waals surface area contributed by atoms with Gasteiger partial charge in [-0.05, 0) is 25.9 Å². The van der Waals surface area contributed by atoms with E-state index in [2.05, 4.69) is 29.4 Å². The van der Waals surface area contributed by atoms with Crippen LogP contribution in [0.5, 0.6) is 0 Å². The van der Waals surface area contributed by atoms with E-state index in [-0.39, 0.29) is 36.8 Å². The minimum absolute atomic E-state index is 0. The van der Waals surface area contributed by atoms with E-state index in [9.17, 15) is 4.79 Å². The molecule has 1 saturated heterocycles. The number of halogens is 2. The lowest BCUT2D eigenvalue weighted by Gasteiger charge is -2.37. The van der Waals surface area contributed by atoms with Gasteiger partial charge in [0, 0.05) is 19.6 Å². The van der Waals surface area contributed by atoms with Gasteiger partial charge in [-0.15, -0.1) is 24.8 Å². The fourth-order valence-electron chi connectivity index (χ4n) is 2.85. The highest BCUT2D eigenvalue weighted by molar-refractivity contribution is 5.85. The molecule has 22 heavy (non-hydrogen) atoms. The summed E-state index contributed by atoms with van der Waals surface area (Å²) in [7, 11) is 1.93. The summed E-state index contributed by atoms with van der Waals surface area (Å²) in [4.78, 5) is 14.9. The Morgan fingerprint density at radius 3 is 2.23 bits per heavy atom. The zero-order chi connectivity index (χ0) is 14.8. The van der Waals surface area contributed by atoms with Crippen LogP contribution in [-0.2, 0) is 9.53 Å². The van der Waals surface area contributed by atoms with Crippen molar-refractivity contribution < 1.29 is 9.53 Å². The Balaban J connectivity index is 0. The van der Waals surface area contributed by atoms with Crippen LogP contribution in [0.1, 0.15) is 33.1 Å². The second-order valence-electron chi connectivity index (χ2n) is 5.42. The van der Waals surface area contributed by atoms with Crippen molar-refractivity contribution in [3.63, 3.8) is 0 Å². The first-order valence-corrected chi connectivity index (χ1v) is 7.98. The van der Waals surface area contributed by atoms with Crippen molar-refractivity contribution in [2.24, 2.45) is 5.92 Å². The smallest absolute Gasteiger partial charge is 0.237 e. The van der Waals surface area contributed by atoms with Gasteiger partial charge in [-0.1, -0.05) is 26.7 Å². The third kappa shape index (κ3) is 7.97. The lowest BCUT2D eigenvalue weighted by atomic mass is 9.91. The number of hydrogen-bond acceptors (Lipinski definition) is 4. The van der Waals surface area contributed by atoms with Gasteiger partial charge in [0.25, 0.3) is 0 Å². The molecule has 1 rings (SSSR count). The molecule has 1 heterocycles. The molecule has 1 atom stereocenters. The number of carbonyl (C=O) groups excluding carboxylic acids is 1. The molecule has 0 radical (unpaired) electrons. The van der Waals surface area contributed by atoms with E-state index < -0.39 is 0 Å². The second kappa shape index (κ2) is 14.5. The van der Waals surface area contributed by atoms with Crippen LogP contribution < -0.4 is 10.6 Å². The highest BCUT2D eigenvalue weighted by atomic mass is 35.5. The number of nitrogens with zero attached hydrogens (tertiary/aromatic N) is 1. The number of rotatable bonds is 9. The van der Waals surface area contributed by atoms with E-state index in [1.807, 2.05) is 7.05 Å². The maximum absolute atomic E-state index is 12.6. The van der Waals surface area contributed by atoms with Gasteiger partial charge in [0.15, 0.2) is 0 Å². The summed E-state index contributed by atoms with van der Waals surface area (Å²) in [5, 5.41) is 6.20. The molecule has 1 unspecified atom stereocenters. The summed E-state index contributed by atoms with van der Waals surface area (Å²) in [6.45, 7) is 9.25.